The average molecular weight is 326 g/mol. The molecule has 7 nitrogen and oxygen atoms in total. The summed E-state index contributed by atoms with van der Waals surface area (Å²) in [6.07, 6.45) is 5.84. The minimum atomic E-state index is -0.569. The van der Waals surface area contributed by atoms with E-state index in [-0.39, 0.29) is 29.1 Å². The van der Waals surface area contributed by atoms with Crippen LogP contribution in [0.15, 0.2) is 36.7 Å². The lowest BCUT2D eigenvalue weighted by Gasteiger charge is -2.13. The van der Waals surface area contributed by atoms with E-state index in [1.165, 1.54) is 12.1 Å². The number of hydrogen-bond donors (Lipinski definition) is 2. The lowest BCUT2D eigenvalue weighted by Crippen LogP contribution is -2.36. The standard InChI is InChI=1S/C16H15FN6O/c17-13-8-11(15(24)21-12-4-7-23(9-12)10-18)2-3-14(13)22-16-19-5-1-6-20-16/h1-3,5-6,8,12H,4,7,9H2,(H,21,24)(H,19,20,22). The molecule has 0 aliphatic carbocycles. The van der Waals surface area contributed by atoms with Crippen LogP contribution in [-0.2, 0) is 0 Å². The molecule has 1 amide bonds. The first-order valence-electron chi connectivity index (χ1n) is 7.45. The van der Waals surface area contributed by atoms with E-state index in [4.69, 9.17) is 5.26 Å². The van der Waals surface area contributed by atoms with Crippen molar-refractivity contribution in [1.29, 1.82) is 5.26 Å². The molecule has 8 heteroatoms. The number of nitrogens with one attached hydrogen (secondary N) is 2. The molecule has 1 atom stereocenters. The van der Waals surface area contributed by atoms with Gasteiger partial charge < -0.3 is 15.5 Å². The molecule has 1 saturated heterocycles. The fourth-order valence-electron chi connectivity index (χ4n) is 2.48. The van der Waals surface area contributed by atoms with Gasteiger partial charge in [0.2, 0.25) is 5.95 Å². The molecule has 0 bridgehead atoms. The molecule has 122 valence electrons. The van der Waals surface area contributed by atoms with Gasteiger partial charge in [-0.2, -0.15) is 5.26 Å². The first kappa shape index (κ1) is 15.7. The number of halogens is 1. The Kier molecular flexibility index (Phi) is 4.52. The highest BCUT2D eigenvalue weighted by Gasteiger charge is 2.23. The van der Waals surface area contributed by atoms with E-state index in [1.54, 1.807) is 23.4 Å². The van der Waals surface area contributed by atoms with Crippen molar-refractivity contribution in [3.05, 3.63) is 48.0 Å². The predicted octanol–water partition coefficient (Wildman–Crippen LogP) is 1.64. The van der Waals surface area contributed by atoms with E-state index in [9.17, 15) is 9.18 Å². The van der Waals surface area contributed by atoms with Crippen molar-refractivity contribution in [2.75, 3.05) is 18.4 Å². The minimum absolute atomic E-state index is 0.101. The second-order valence-electron chi connectivity index (χ2n) is 5.40. The maximum absolute atomic E-state index is 14.2. The van der Waals surface area contributed by atoms with Gasteiger partial charge in [-0.1, -0.05) is 0 Å². The van der Waals surface area contributed by atoms with Crippen molar-refractivity contribution in [1.82, 2.24) is 20.2 Å². The number of nitrogens with zero attached hydrogens (tertiary/aromatic N) is 4. The number of anilines is 2. The maximum Gasteiger partial charge on any atom is 0.251 e. The van der Waals surface area contributed by atoms with Crippen molar-refractivity contribution >= 4 is 17.5 Å². The summed E-state index contributed by atoms with van der Waals surface area (Å²) in [6.45, 7) is 1.10. The zero-order valence-corrected chi connectivity index (χ0v) is 12.7. The van der Waals surface area contributed by atoms with Crippen LogP contribution in [0.4, 0.5) is 16.0 Å². The highest BCUT2D eigenvalue weighted by molar-refractivity contribution is 5.94. The number of carbonyl (C=O) groups is 1. The number of aromatic nitrogens is 2. The van der Waals surface area contributed by atoms with Gasteiger partial charge >= 0.3 is 0 Å². The number of rotatable bonds is 4. The molecule has 3 rings (SSSR count). The number of likely N-dealkylation sites (tertiary alicyclic amines) is 1. The fourth-order valence-corrected chi connectivity index (χ4v) is 2.48. The van der Waals surface area contributed by atoms with Crippen LogP contribution in [0.1, 0.15) is 16.8 Å². The molecule has 24 heavy (non-hydrogen) atoms. The van der Waals surface area contributed by atoms with Crippen LogP contribution >= 0.6 is 0 Å². The summed E-state index contributed by atoms with van der Waals surface area (Å²) < 4.78 is 14.2. The number of carbonyl (C=O) groups excluding carboxylic acids is 1. The Morgan fingerprint density at radius 2 is 2.17 bits per heavy atom. The van der Waals surface area contributed by atoms with Crippen molar-refractivity contribution in [2.24, 2.45) is 0 Å². The van der Waals surface area contributed by atoms with Gasteiger partial charge in [0.25, 0.3) is 5.91 Å². The van der Waals surface area contributed by atoms with Gasteiger partial charge in [0.15, 0.2) is 6.19 Å². The second kappa shape index (κ2) is 6.91. The molecular formula is C16H15FN6O. The first-order chi connectivity index (χ1) is 11.7. The van der Waals surface area contributed by atoms with Crippen LogP contribution in [-0.4, -0.2) is 39.9 Å². The number of nitriles is 1. The Balaban J connectivity index is 1.66. The van der Waals surface area contributed by atoms with E-state index >= 15 is 0 Å². The summed E-state index contributed by atoms with van der Waals surface area (Å²) in [6, 6.07) is 5.72. The van der Waals surface area contributed by atoms with E-state index in [0.29, 0.717) is 19.5 Å². The Labute approximate surface area is 138 Å². The number of amides is 1. The van der Waals surface area contributed by atoms with E-state index in [1.807, 2.05) is 6.19 Å². The molecule has 1 unspecified atom stereocenters. The van der Waals surface area contributed by atoms with Crippen molar-refractivity contribution in [2.45, 2.75) is 12.5 Å². The summed E-state index contributed by atoms with van der Waals surface area (Å²) in [5.41, 5.74) is 0.414. The molecule has 1 aromatic heterocycles. The predicted molar refractivity (Wildman–Crippen MR) is 84.8 cm³/mol. The van der Waals surface area contributed by atoms with Gasteiger partial charge in [0.05, 0.1) is 5.69 Å². The van der Waals surface area contributed by atoms with Crippen LogP contribution < -0.4 is 10.6 Å². The quantitative estimate of drug-likeness (QED) is 0.830. The molecule has 2 heterocycles. The minimum Gasteiger partial charge on any atom is -0.347 e. The second-order valence-corrected chi connectivity index (χ2v) is 5.40. The van der Waals surface area contributed by atoms with E-state index in [0.717, 1.165) is 6.07 Å². The molecule has 2 aromatic rings. The maximum atomic E-state index is 14.2. The number of hydrogen-bond acceptors (Lipinski definition) is 6. The van der Waals surface area contributed by atoms with Crippen LogP contribution in [0.3, 0.4) is 0 Å². The molecule has 0 spiro atoms. The average Bonchev–Trinajstić information content (AvgIpc) is 3.05. The molecule has 2 N–H and O–H groups in total. The molecule has 1 fully saturated rings. The summed E-state index contributed by atoms with van der Waals surface area (Å²) in [4.78, 5) is 21.7. The van der Waals surface area contributed by atoms with Crippen molar-refractivity contribution < 1.29 is 9.18 Å². The highest BCUT2D eigenvalue weighted by Crippen LogP contribution is 2.19. The normalized spacial score (nSPS) is 16.5. The Morgan fingerprint density at radius 1 is 1.38 bits per heavy atom. The smallest absolute Gasteiger partial charge is 0.251 e. The lowest BCUT2D eigenvalue weighted by molar-refractivity contribution is 0.0938. The zero-order chi connectivity index (χ0) is 16.9. The summed E-state index contributed by atoms with van der Waals surface area (Å²) >= 11 is 0. The van der Waals surface area contributed by atoms with Gasteiger partial charge in [-0.3, -0.25) is 4.79 Å². The first-order valence-corrected chi connectivity index (χ1v) is 7.45. The Bertz CT molecular complexity index is 776. The lowest BCUT2D eigenvalue weighted by atomic mass is 10.1. The molecule has 1 aromatic carbocycles. The van der Waals surface area contributed by atoms with Crippen molar-refractivity contribution in [3.8, 4) is 6.19 Å². The molecule has 0 saturated carbocycles. The van der Waals surface area contributed by atoms with Gasteiger partial charge in [-0.25, -0.2) is 14.4 Å². The van der Waals surface area contributed by atoms with Crippen LogP contribution in [0.25, 0.3) is 0 Å². The van der Waals surface area contributed by atoms with Crippen LogP contribution in [0.5, 0.6) is 0 Å². The monoisotopic (exact) mass is 326 g/mol. The largest absolute Gasteiger partial charge is 0.347 e. The zero-order valence-electron chi connectivity index (χ0n) is 12.7. The molecule has 1 aliphatic rings. The summed E-state index contributed by atoms with van der Waals surface area (Å²) in [5, 5.41) is 14.4. The van der Waals surface area contributed by atoms with Gasteiger partial charge in [0.1, 0.15) is 5.82 Å². The van der Waals surface area contributed by atoms with Gasteiger partial charge in [-0.15, -0.1) is 0 Å². The van der Waals surface area contributed by atoms with E-state index < -0.39 is 5.82 Å². The van der Waals surface area contributed by atoms with Crippen LogP contribution in [0.2, 0.25) is 0 Å². The molecular weight excluding hydrogens is 311 g/mol. The molecule has 0 radical (unpaired) electrons. The third kappa shape index (κ3) is 3.57. The van der Waals surface area contributed by atoms with Crippen molar-refractivity contribution in [3.63, 3.8) is 0 Å². The Morgan fingerprint density at radius 3 is 2.83 bits per heavy atom. The fraction of sp³-hybridized carbons (Fsp3) is 0.250. The van der Waals surface area contributed by atoms with Gasteiger partial charge in [0, 0.05) is 37.1 Å². The van der Waals surface area contributed by atoms with Gasteiger partial charge in [-0.05, 0) is 30.7 Å². The van der Waals surface area contributed by atoms with E-state index in [2.05, 4.69) is 20.6 Å². The SMILES string of the molecule is N#CN1CCC(NC(=O)c2ccc(Nc3ncccn3)c(F)c2)C1. The Hall–Kier alpha value is -3.21. The third-order valence-corrected chi connectivity index (χ3v) is 3.71. The topological polar surface area (TPSA) is 93.9 Å². The highest BCUT2D eigenvalue weighted by atomic mass is 19.1. The number of benzene rings is 1. The summed E-state index contributed by atoms with van der Waals surface area (Å²) in [7, 11) is 0. The van der Waals surface area contributed by atoms with Crippen LogP contribution in [0, 0.1) is 17.3 Å². The third-order valence-electron chi connectivity index (χ3n) is 3.71. The summed E-state index contributed by atoms with van der Waals surface area (Å²) in [5.74, 6) is -0.655. The molecule has 1 aliphatic heterocycles.